The van der Waals surface area contributed by atoms with Gasteiger partial charge in [0.15, 0.2) is 0 Å². The van der Waals surface area contributed by atoms with E-state index >= 15 is 0 Å². The molecule has 1 N–H and O–H groups in total. The second kappa shape index (κ2) is 8.21. The third-order valence-electron chi connectivity index (χ3n) is 3.86. The fourth-order valence-corrected chi connectivity index (χ4v) is 3.44. The highest BCUT2D eigenvalue weighted by Crippen LogP contribution is 2.19. The number of thioether (sulfide) groups is 1. The van der Waals surface area contributed by atoms with Crippen molar-refractivity contribution in [3.63, 3.8) is 0 Å². The lowest BCUT2D eigenvalue weighted by atomic mass is 10.00. The van der Waals surface area contributed by atoms with Gasteiger partial charge in [0, 0.05) is 5.75 Å². The Morgan fingerprint density at radius 3 is 2.57 bits per heavy atom. The number of hydrogen-bond acceptors (Lipinski definition) is 2. The van der Waals surface area contributed by atoms with Gasteiger partial charge in [-0.05, 0) is 44.4 Å². The van der Waals surface area contributed by atoms with Crippen molar-refractivity contribution in [2.24, 2.45) is 0 Å². The first-order valence-corrected chi connectivity index (χ1v) is 9.11. The van der Waals surface area contributed by atoms with Gasteiger partial charge < -0.3 is 5.32 Å². The molecule has 1 amide bonds. The van der Waals surface area contributed by atoms with Crippen molar-refractivity contribution in [2.75, 3.05) is 5.75 Å². The predicted molar refractivity (Wildman–Crippen MR) is 99.8 cm³/mol. The van der Waals surface area contributed by atoms with Crippen LogP contribution >= 0.6 is 11.8 Å². The zero-order valence-corrected chi connectivity index (χ0v) is 15.2. The summed E-state index contributed by atoms with van der Waals surface area (Å²) in [4.78, 5) is 12.1. The first kappa shape index (κ1) is 17.6. The molecule has 0 bridgehead atoms. The smallest absolute Gasteiger partial charge is 0.230 e. The monoisotopic (exact) mass is 327 g/mol. The summed E-state index contributed by atoms with van der Waals surface area (Å²) in [6, 6.07) is 14.8. The van der Waals surface area contributed by atoms with Gasteiger partial charge in [-0.2, -0.15) is 0 Å². The highest BCUT2D eigenvalue weighted by molar-refractivity contribution is 7.99. The summed E-state index contributed by atoms with van der Waals surface area (Å²) in [5.41, 5.74) is 6.17. The average Bonchev–Trinajstić information content (AvgIpc) is 2.49. The molecule has 0 aliphatic carbocycles. The first-order valence-electron chi connectivity index (χ1n) is 7.95. The zero-order valence-electron chi connectivity index (χ0n) is 14.3. The molecule has 0 aromatic heterocycles. The van der Waals surface area contributed by atoms with E-state index in [1.54, 1.807) is 11.8 Å². The molecule has 1 atom stereocenters. The Labute approximate surface area is 143 Å². The number of hydrogen-bond donors (Lipinski definition) is 1. The number of carbonyl (C=O) groups is 1. The number of aryl methyl sites for hydroxylation is 3. The summed E-state index contributed by atoms with van der Waals surface area (Å²) in [5.74, 6) is 1.45. The standard InChI is InChI=1S/C20H25NOS/c1-14-6-5-7-18(10-14)12-23-13-20(22)21-17(4)19-11-15(2)8-9-16(19)3/h5-11,17H,12-13H2,1-4H3,(H,21,22)/t17-/m0/s1. The summed E-state index contributed by atoms with van der Waals surface area (Å²) >= 11 is 1.66. The van der Waals surface area contributed by atoms with E-state index < -0.39 is 0 Å². The molecular weight excluding hydrogens is 302 g/mol. The van der Waals surface area contributed by atoms with E-state index in [0.29, 0.717) is 5.75 Å². The maximum absolute atomic E-state index is 12.1. The van der Waals surface area contributed by atoms with Crippen LogP contribution in [-0.4, -0.2) is 11.7 Å². The molecule has 3 heteroatoms. The molecule has 0 aliphatic rings. The van der Waals surface area contributed by atoms with Gasteiger partial charge >= 0.3 is 0 Å². The maximum atomic E-state index is 12.1. The van der Waals surface area contributed by atoms with Crippen LogP contribution in [0, 0.1) is 20.8 Å². The predicted octanol–water partition coefficient (Wildman–Crippen LogP) is 4.72. The Morgan fingerprint density at radius 2 is 1.83 bits per heavy atom. The van der Waals surface area contributed by atoms with Crippen molar-refractivity contribution in [3.8, 4) is 0 Å². The van der Waals surface area contributed by atoms with Crippen LogP contribution in [0.1, 0.15) is 40.8 Å². The number of benzene rings is 2. The molecular formula is C20H25NOS. The Balaban J connectivity index is 1.83. The summed E-state index contributed by atoms with van der Waals surface area (Å²) in [6.07, 6.45) is 0. The summed E-state index contributed by atoms with van der Waals surface area (Å²) in [7, 11) is 0. The van der Waals surface area contributed by atoms with E-state index in [9.17, 15) is 4.79 Å². The molecule has 0 unspecified atom stereocenters. The number of amides is 1. The van der Waals surface area contributed by atoms with Gasteiger partial charge in [-0.1, -0.05) is 53.6 Å². The van der Waals surface area contributed by atoms with Crippen molar-refractivity contribution in [2.45, 2.75) is 39.5 Å². The number of carbonyl (C=O) groups excluding carboxylic acids is 1. The third-order valence-corrected chi connectivity index (χ3v) is 4.87. The lowest BCUT2D eigenvalue weighted by Crippen LogP contribution is -2.28. The Morgan fingerprint density at radius 1 is 1.09 bits per heavy atom. The molecule has 2 aromatic carbocycles. The SMILES string of the molecule is Cc1cccc(CSCC(=O)N[C@@H](C)c2cc(C)ccc2C)c1. The van der Waals surface area contributed by atoms with Crippen LogP contribution in [0.4, 0.5) is 0 Å². The first-order chi connectivity index (χ1) is 11.0. The molecule has 0 fully saturated rings. The van der Waals surface area contributed by atoms with Crippen molar-refractivity contribution in [1.82, 2.24) is 5.32 Å². The maximum Gasteiger partial charge on any atom is 0.230 e. The third kappa shape index (κ3) is 5.43. The van der Waals surface area contributed by atoms with Crippen molar-refractivity contribution < 1.29 is 4.79 Å². The van der Waals surface area contributed by atoms with Crippen LogP contribution in [0.2, 0.25) is 0 Å². The number of nitrogens with one attached hydrogen (secondary N) is 1. The largest absolute Gasteiger partial charge is 0.349 e. The van der Waals surface area contributed by atoms with Gasteiger partial charge in [0.2, 0.25) is 5.91 Å². The van der Waals surface area contributed by atoms with Gasteiger partial charge in [0.25, 0.3) is 0 Å². The van der Waals surface area contributed by atoms with Gasteiger partial charge in [-0.25, -0.2) is 0 Å². The van der Waals surface area contributed by atoms with Crippen LogP contribution in [-0.2, 0) is 10.5 Å². The second-order valence-electron chi connectivity index (χ2n) is 6.13. The Hall–Kier alpha value is -1.74. The van der Waals surface area contributed by atoms with E-state index in [0.717, 1.165) is 5.75 Å². The van der Waals surface area contributed by atoms with E-state index in [-0.39, 0.29) is 11.9 Å². The molecule has 0 spiro atoms. The van der Waals surface area contributed by atoms with E-state index in [2.05, 4.69) is 68.6 Å². The van der Waals surface area contributed by atoms with Crippen LogP contribution < -0.4 is 5.32 Å². The summed E-state index contributed by atoms with van der Waals surface area (Å²) < 4.78 is 0. The zero-order chi connectivity index (χ0) is 16.8. The molecule has 0 heterocycles. The lowest BCUT2D eigenvalue weighted by molar-refractivity contribution is -0.119. The molecule has 0 aliphatic heterocycles. The quantitative estimate of drug-likeness (QED) is 0.831. The Kier molecular flexibility index (Phi) is 6.28. The molecule has 0 radical (unpaired) electrons. The molecule has 2 aromatic rings. The van der Waals surface area contributed by atoms with E-state index in [4.69, 9.17) is 0 Å². The minimum Gasteiger partial charge on any atom is -0.349 e. The second-order valence-corrected chi connectivity index (χ2v) is 7.12. The van der Waals surface area contributed by atoms with Crippen molar-refractivity contribution >= 4 is 17.7 Å². The highest BCUT2D eigenvalue weighted by atomic mass is 32.2. The van der Waals surface area contributed by atoms with Crippen LogP contribution in [0.5, 0.6) is 0 Å². The fraction of sp³-hybridized carbons (Fsp3) is 0.350. The molecule has 0 saturated heterocycles. The Bertz CT molecular complexity index is 681. The molecule has 2 rings (SSSR count). The van der Waals surface area contributed by atoms with Crippen LogP contribution in [0.15, 0.2) is 42.5 Å². The van der Waals surface area contributed by atoms with Crippen LogP contribution in [0.3, 0.4) is 0 Å². The highest BCUT2D eigenvalue weighted by Gasteiger charge is 2.12. The minimum atomic E-state index is 0.0435. The molecule has 0 saturated carbocycles. The van der Waals surface area contributed by atoms with Gasteiger partial charge in [-0.15, -0.1) is 11.8 Å². The van der Waals surface area contributed by atoms with E-state index in [1.165, 1.54) is 27.8 Å². The van der Waals surface area contributed by atoms with Gasteiger partial charge in [0.1, 0.15) is 0 Å². The van der Waals surface area contributed by atoms with Crippen molar-refractivity contribution in [1.29, 1.82) is 0 Å². The minimum absolute atomic E-state index is 0.0435. The average molecular weight is 327 g/mol. The normalized spacial score (nSPS) is 12.0. The molecule has 2 nitrogen and oxygen atoms in total. The number of rotatable bonds is 6. The van der Waals surface area contributed by atoms with E-state index in [1.807, 2.05) is 6.92 Å². The summed E-state index contributed by atoms with van der Waals surface area (Å²) in [5, 5.41) is 3.10. The van der Waals surface area contributed by atoms with Gasteiger partial charge in [0.05, 0.1) is 11.8 Å². The van der Waals surface area contributed by atoms with Gasteiger partial charge in [-0.3, -0.25) is 4.79 Å². The molecule has 23 heavy (non-hydrogen) atoms. The summed E-state index contributed by atoms with van der Waals surface area (Å²) in [6.45, 7) is 8.30. The van der Waals surface area contributed by atoms with Crippen LogP contribution in [0.25, 0.3) is 0 Å². The fourth-order valence-electron chi connectivity index (χ4n) is 2.65. The molecule has 122 valence electrons. The topological polar surface area (TPSA) is 29.1 Å². The lowest BCUT2D eigenvalue weighted by Gasteiger charge is -2.17. The van der Waals surface area contributed by atoms with Crippen molar-refractivity contribution in [3.05, 3.63) is 70.3 Å².